The van der Waals surface area contributed by atoms with Crippen molar-refractivity contribution in [2.75, 3.05) is 32.8 Å². The van der Waals surface area contributed by atoms with Gasteiger partial charge in [-0.05, 0) is 68.9 Å². The highest BCUT2D eigenvalue weighted by Crippen LogP contribution is 2.40. The van der Waals surface area contributed by atoms with Crippen LogP contribution in [0.3, 0.4) is 0 Å². The van der Waals surface area contributed by atoms with Crippen molar-refractivity contribution in [3.05, 3.63) is 65.2 Å². The number of carbonyl (C=O) groups excluding carboxylic acids is 3. The van der Waals surface area contributed by atoms with Gasteiger partial charge in [-0.1, -0.05) is 26.0 Å². The Morgan fingerprint density at radius 2 is 1.62 bits per heavy atom. The highest BCUT2D eigenvalue weighted by molar-refractivity contribution is 6.46. The maximum absolute atomic E-state index is 13.2. The zero-order valence-corrected chi connectivity index (χ0v) is 21.8. The molecule has 1 atom stereocenters. The van der Waals surface area contributed by atoms with Gasteiger partial charge in [0.2, 0.25) is 0 Å². The van der Waals surface area contributed by atoms with Crippen LogP contribution in [0.2, 0.25) is 0 Å². The fourth-order valence-corrected chi connectivity index (χ4v) is 4.27. The second-order valence-corrected chi connectivity index (χ2v) is 9.03. The Bertz CT molecular complexity index is 1140. The number of nitrogens with zero attached hydrogens (tertiary/aromatic N) is 2. The van der Waals surface area contributed by atoms with E-state index in [2.05, 4.69) is 4.90 Å². The number of aliphatic hydroxyl groups excluding tert-OH is 1. The molecule has 1 aliphatic rings. The number of ketones is 1. The summed E-state index contributed by atoms with van der Waals surface area (Å²) in [4.78, 5) is 41.1. The second kappa shape index (κ2) is 12.4. The van der Waals surface area contributed by atoms with Gasteiger partial charge in [-0.3, -0.25) is 14.4 Å². The maximum atomic E-state index is 13.2. The van der Waals surface area contributed by atoms with E-state index >= 15 is 0 Å². The summed E-state index contributed by atoms with van der Waals surface area (Å²) in [5.41, 5.74) is 6.21. The van der Waals surface area contributed by atoms with Gasteiger partial charge in [0.15, 0.2) is 6.61 Å². The average Bonchev–Trinajstić information content (AvgIpc) is 3.13. The van der Waals surface area contributed by atoms with Crippen LogP contribution in [0.25, 0.3) is 5.76 Å². The number of likely N-dealkylation sites (tertiary alicyclic amines) is 1. The molecule has 1 aliphatic heterocycles. The van der Waals surface area contributed by atoms with Crippen molar-refractivity contribution >= 4 is 23.4 Å². The molecule has 9 nitrogen and oxygen atoms in total. The highest BCUT2D eigenvalue weighted by Gasteiger charge is 2.46. The van der Waals surface area contributed by atoms with Crippen molar-refractivity contribution < 1.29 is 29.0 Å². The van der Waals surface area contributed by atoms with Crippen LogP contribution in [0.4, 0.5) is 0 Å². The lowest BCUT2D eigenvalue weighted by Crippen LogP contribution is -2.38. The standard InChI is InChI=1S/C28H35N3O6/c1-5-30(6-2)15-16-31-25(19-7-11-21(12-8-19)36-17-23(29)32)24(27(34)28(31)35)26(33)20-9-13-22(14-10-20)37-18(3)4/h7-14,18,25,33H,5-6,15-17H2,1-4H3,(H2,29,32). The molecule has 0 radical (unpaired) electrons. The number of Topliss-reactive ketones (excluding diaryl/α,β-unsaturated/α-hetero) is 1. The molecule has 2 aromatic rings. The fourth-order valence-electron chi connectivity index (χ4n) is 4.27. The quantitative estimate of drug-likeness (QED) is 0.256. The van der Waals surface area contributed by atoms with Crippen LogP contribution in [-0.2, 0) is 14.4 Å². The van der Waals surface area contributed by atoms with Gasteiger partial charge >= 0.3 is 0 Å². The first-order valence-electron chi connectivity index (χ1n) is 12.4. The summed E-state index contributed by atoms with van der Waals surface area (Å²) < 4.78 is 11.0. The summed E-state index contributed by atoms with van der Waals surface area (Å²) in [6, 6.07) is 12.7. The van der Waals surface area contributed by atoms with Crippen LogP contribution < -0.4 is 15.2 Å². The molecule has 3 rings (SSSR count). The first-order valence-corrected chi connectivity index (χ1v) is 12.4. The van der Waals surface area contributed by atoms with Crippen LogP contribution in [0, 0.1) is 0 Å². The molecule has 2 aromatic carbocycles. The SMILES string of the molecule is CCN(CC)CCN1C(=O)C(=O)C(=C(O)c2ccc(OC(C)C)cc2)C1c1ccc(OCC(N)=O)cc1. The molecule has 1 heterocycles. The van der Waals surface area contributed by atoms with Crippen LogP contribution >= 0.6 is 0 Å². The summed E-state index contributed by atoms with van der Waals surface area (Å²) in [6.07, 6.45) is -0.00879. The van der Waals surface area contributed by atoms with E-state index in [1.165, 1.54) is 4.90 Å². The number of hydrogen-bond donors (Lipinski definition) is 2. The average molecular weight is 510 g/mol. The Labute approximate surface area is 217 Å². The zero-order chi connectivity index (χ0) is 27.1. The van der Waals surface area contributed by atoms with Crippen LogP contribution in [0.1, 0.15) is 44.9 Å². The monoisotopic (exact) mass is 509 g/mol. The van der Waals surface area contributed by atoms with Crippen molar-refractivity contribution in [1.29, 1.82) is 0 Å². The van der Waals surface area contributed by atoms with Gasteiger partial charge in [0.05, 0.1) is 17.7 Å². The molecular formula is C28H35N3O6. The third kappa shape index (κ3) is 6.68. The van der Waals surface area contributed by atoms with Crippen molar-refractivity contribution in [2.24, 2.45) is 5.73 Å². The molecule has 3 N–H and O–H groups in total. The number of aliphatic hydroxyl groups is 1. The molecule has 0 spiro atoms. The molecular weight excluding hydrogens is 474 g/mol. The third-order valence-corrected chi connectivity index (χ3v) is 6.17. The van der Waals surface area contributed by atoms with E-state index in [1.807, 2.05) is 27.7 Å². The van der Waals surface area contributed by atoms with E-state index in [1.54, 1.807) is 48.5 Å². The van der Waals surface area contributed by atoms with Crippen molar-refractivity contribution in [3.63, 3.8) is 0 Å². The van der Waals surface area contributed by atoms with E-state index in [-0.39, 0.29) is 24.0 Å². The van der Waals surface area contributed by atoms with Crippen LogP contribution in [0.15, 0.2) is 54.1 Å². The molecule has 2 amide bonds. The van der Waals surface area contributed by atoms with Gasteiger partial charge in [0.25, 0.3) is 17.6 Å². The predicted molar refractivity (Wildman–Crippen MR) is 140 cm³/mol. The minimum absolute atomic E-state index is 0.00879. The maximum Gasteiger partial charge on any atom is 0.295 e. The van der Waals surface area contributed by atoms with Crippen LogP contribution in [-0.4, -0.2) is 71.4 Å². The van der Waals surface area contributed by atoms with E-state index in [0.29, 0.717) is 35.7 Å². The van der Waals surface area contributed by atoms with E-state index in [0.717, 1.165) is 13.1 Å². The number of nitrogens with two attached hydrogens (primary N) is 1. The molecule has 0 aliphatic carbocycles. The lowest BCUT2D eigenvalue weighted by molar-refractivity contribution is -0.140. The predicted octanol–water partition coefficient (Wildman–Crippen LogP) is 3.10. The summed E-state index contributed by atoms with van der Waals surface area (Å²) in [5, 5.41) is 11.3. The number of ether oxygens (including phenoxy) is 2. The molecule has 198 valence electrons. The number of amides is 2. The van der Waals surface area contributed by atoms with Gasteiger partial charge in [-0.15, -0.1) is 0 Å². The molecule has 9 heteroatoms. The Hall–Kier alpha value is -3.85. The first-order chi connectivity index (χ1) is 17.7. The first kappa shape index (κ1) is 27.7. The van der Waals surface area contributed by atoms with Gasteiger partial charge in [0.1, 0.15) is 17.3 Å². The number of rotatable bonds is 12. The second-order valence-electron chi connectivity index (χ2n) is 9.03. The molecule has 0 saturated carbocycles. The van der Waals surface area contributed by atoms with Crippen molar-refractivity contribution in [1.82, 2.24) is 9.80 Å². The number of carbonyl (C=O) groups is 3. The van der Waals surface area contributed by atoms with Crippen LogP contribution in [0.5, 0.6) is 11.5 Å². The van der Waals surface area contributed by atoms with Gasteiger partial charge in [-0.2, -0.15) is 0 Å². The Morgan fingerprint density at radius 3 is 2.16 bits per heavy atom. The number of primary amides is 1. The summed E-state index contributed by atoms with van der Waals surface area (Å²) >= 11 is 0. The van der Waals surface area contributed by atoms with Gasteiger partial charge in [0, 0.05) is 18.7 Å². The lowest BCUT2D eigenvalue weighted by atomic mass is 9.95. The Kier molecular flexibility index (Phi) is 9.30. The fraction of sp³-hybridized carbons (Fsp3) is 0.393. The highest BCUT2D eigenvalue weighted by atomic mass is 16.5. The molecule has 1 unspecified atom stereocenters. The van der Waals surface area contributed by atoms with E-state index in [9.17, 15) is 19.5 Å². The van der Waals surface area contributed by atoms with Crippen molar-refractivity contribution in [2.45, 2.75) is 39.8 Å². The molecule has 0 bridgehead atoms. The van der Waals surface area contributed by atoms with Gasteiger partial charge in [-0.25, -0.2) is 0 Å². The Morgan fingerprint density at radius 1 is 1.03 bits per heavy atom. The summed E-state index contributed by atoms with van der Waals surface area (Å²) in [5.74, 6) is -1.19. The zero-order valence-electron chi connectivity index (χ0n) is 21.8. The topological polar surface area (TPSA) is 122 Å². The third-order valence-electron chi connectivity index (χ3n) is 6.17. The van der Waals surface area contributed by atoms with Crippen molar-refractivity contribution in [3.8, 4) is 11.5 Å². The summed E-state index contributed by atoms with van der Waals surface area (Å²) in [6.45, 7) is 10.1. The normalized spacial score (nSPS) is 17.0. The lowest BCUT2D eigenvalue weighted by Gasteiger charge is -2.28. The van der Waals surface area contributed by atoms with E-state index < -0.39 is 23.6 Å². The smallest absolute Gasteiger partial charge is 0.295 e. The molecule has 1 fully saturated rings. The number of benzene rings is 2. The Balaban J connectivity index is 2.02. The molecule has 1 saturated heterocycles. The molecule has 37 heavy (non-hydrogen) atoms. The number of likely N-dealkylation sites (N-methyl/N-ethyl adjacent to an activating group) is 1. The molecule has 0 aromatic heterocycles. The van der Waals surface area contributed by atoms with E-state index in [4.69, 9.17) is 15.2 Å². The minimum Gasteiger partial charge on any atom is -0.507 e. The minimum atomic E-state index is -0.785. The largest absolute Gasteiger partial charge is 0.507 e. The van der Waals surface area contributed by atoms with Gasteiger partial charge < -0.3 is 30.1 Å². The summed E-state index contributed by atoms with van der Waals surface area (Å²) in [7, 11) is 0. The number of hydrogen-bond acceptors (Lipinski definition) is 7.